The highest BCUT2D eigenvalue weighted by Crippen LogP contribution is 2.49. The maximum Gasteiger partial charge on any atom is 0.472 e. The van der Waals surface area contributed by atoms with Crippen molar-refractivity contribution in [3.63, 3.8) is 0 Å². The highest BCUT2D eigenvalue weighted by molar-refractivity contribution is 7.47. The monoisotopic (exact) mass is 1740 g/mol. The molecule has 26 heteroatoms. The number of ether oxygens (including phenoxy) is 8. The number of aliphatic hydroxyl groups excluding tert-OH is 9. The maximum atomic E-state index is 14.9. The van der Waals surface area contributed by atoms with E-state index < -0.39 is 162 Å². The molecule has 706 valence electrons. The van der Waals surface area contributed by atoms with E-state index in [4.69, 9.17) is 46.9 Å². The molecule has 0 amide bonds. The number of rotatable bonds is 80. The number of phosphoric ester groups is 1. The Labute approximate surface area is 724 Å². The van der Waals surface area contributed by atoms with Crippen LogP contribution in [-0.4, -0.2) is 205 Å². The molecule has 3 aliphatic rings. The fourth-order valence-corrected chi connectivity index (χ4v) is 17.2. The molecule has 120 heavy (non-hydrogen) atoms. The van der Waals surface area contributed by atoms with Crippen molar-refractivity contribution in [1.29, 1.82) is 0 Å². The van der Waals surface area contributed by atoms with Crippen molar-refractivity contribution < 1.29 is 122 Å². The minimum atomic E-state index is -5.81. The summed E-state index contributed by atoms with van der Waals surface area (Å²) >= 11 is 0. The van der Waals surface area contributed by atoms with Crippen LogP contribution in [-0.2, 0) is 70.7 Å². The summed E-state index contributed by atoms with van der Waals surface area (Å²) in [7, 11) is -5.81. The predicted molar refractivity (Wildman–Crippen MR) is 467 cm³/mol. The smallest absolute Gasteiger partial charge is 0.463 e. The number of aliphatic hydroxyl groups is 9. The van der Waals surface area contributed by atoms with Crippen molar-refractivity contribution in [2.45, 2.75) is 536 Å². The third-order valence-electron chi connectivity index (χ3n) is 24.0. The minimum absolute atomic E-state index is 0.0192. The summed E-state index contributed by atoms with van der Waals surface area (Å²) in [5, 5.41) is 102. The van der Waals surface area contributed by atoms with Crippen LogP contribution < -0.4 is 0 Å². The maximum absolute atomic E-state index is 14.9. The van der Waals surface area contributed by atoms with E-state index in [1.807, 2.05) is 0 Å². The first kappa shape index (κ1) is 111. The molecular formula is C94H175O25P. The lowest BCUT2D eigenvalue weighted by Gasteiger charge is -2.50. The summed E-state index contributed by atoms with van der Waals surface area (Å²) in [5.74, 6) is -2.95. The van der Waals surface area contributed by atoms with Gasteiger partial charge in [0.1, 0.15) is 92.6 Å². The molecule has 0 aromatic carbocycles. The summed E-state index contributed by atoms with van der Waals surface area (Å²) in [6, 6.07) is 0. The highest BCUT2D eigenvalue weighted by Gasteiger charge is 2.60. The van der Waals surface area contributed by atoms with Gasteiger partial charge in [0.2, 0.25) is 0 Å². The number of hydrogen-bond acceptors (Lipinski definition) is 24. The second kappa shape index (κ2) is 73.2. The van der Waals surface area contributed by atoms with Gasteiger partial charge in [-0.1, -0.05) is 367 Å². The van der Waals surface area contributed by atoms with Gasteiger partial charge < -0.3 is 88.7 Å². The summed E-state index contributed by atoms with van der Waals surface area (Å²) in [4.78, 5) is 66.6. The molecule has 2 heterocycles. The molecule has 1 saturated carbocycles. The standard InChI is InChI=1S/C94H175O25P/c1-5-9-13-17-21-25-29-33-37-41-43-47-51-55-59-63-67-78(97)111-73-76-82(101)84(103)88(107)94(115-76)118-91-89(116-80(99)69-65-61-57-53-49-45-40-36-32-28-24-20-16-12-8-4)85(104)86(105)90(117-93-87(106)83(102)81(100)75(70-95)114-93)92(91)119-120(108,109)112-72-74(113-79(98)68-64-60-56-52-48-44-39-35-31-27-23-19-15-11-7-3)71-110-77(96)66-62-58-54-50-46-42-38-34-30-26-22-18-14-10-6-2/h27,31,74-76,81-95,100-107H,5-26,28-30,32-73H2,1-4H3,(H,108,109)/b31-27-. The van der Waals surface area contributed by atoms with E-state index in [1.54, 1.807) is 0 Å². The van der Waals surface area contributed by atoms with Gasteiger partial charge in [-0.05, 0) is 51.4 Å². The first-order valence-electron chi connectivity index (χ1n) is 48.9. The summed E-state index contributed by atoms with van der Waals surface area (Å²) in [6.45, 7) is 5.63. The molecule has 3 fully saturated rings. The SMILES string of the molecule is CCCCCC/C=C\CCCCCCCCCC(=O)OC(COC(=O)CCCCCCCCCCCCCCCCC)COP(=O)(O)OC1C(OC2OC(CO)C(O)C(O)C2O)C(O)C(O)C(OC(=O)CCCCCCCCCCCCCCCCC)C1OC1OC(COC(=O)CCCCCCCCCCCCCCCCCC)C(O)C(O)C1O. The molecule has 0 spiro atoms. The quantitative estimate of drug-likeness (QED) is 0.00889. The van der Waals surface area contributed by atoms with Crippen LogP contribution in [0.1, 0.15) is 432 Å². The van der Waals surface area contributed by atoms with Crippen molar-refractivity contribution in [3.8, 4) is 0 Å². The van der Waals surface area contributed by atoms with Gasteiger partial charge in [-0.3, -0.25) is 28.2 Å². The zero-order chi connectivity index (χ0) is 87.5. The van der Waals surface area contributed by atoms with Gasteiger partial charge >= 0.3 is 31.7 Å². The summed E-state index contributed by atoms with van der Waals surface area (Å²) in [6.07, 6.45) is 33.2. The van der Waals surface area contributed by atoms with Crippen LogP contribution in [0, 0.1) is 0 Å². The van der Waals surface area contributed by atoms with E-state index in [2.05, 4.69) is 39.8 Å². The molecule has 18 atom stereocenters. The van der Waals surface area contributed by atoms with E-state index in [-0.39, 0.29) is 25.7 Å². The van der Waals surface area contributed by atoms with Crippen LogP contribution in [0.3, 0.4) is 0 Å². The Hall–Kier alpha value is -2.79. The van der Waals surface area contributed by atoms with Crippen molar-refractivity contribution in [3.05, 3.63) is 12.2 Å². The van der Waals surface area contributed by atoms with Gasteiger partial charge in [0.05, 0.1) is 13.2 Å². The van der Waals surface area contributed by atoms with Gasteiger partial charge in [-0.15, -0.1) is 0 Å². The molecule has 1 aliphatic carbocycles. The summed E-state index contributed by atoms with van der Waals surface area (Å²) in [5.41, 5.74) is 0. The molecular weight excluding hydrogens is 1560 g/mol. The van der Waals surface area contributed by atoms with Crippen molar-refractivity contribution in [1.82, 2.24) is 0 Å². The lowest BCUT2D eigenvalue weighted by atomic mass is 9.84. The van der Waals surface area contributed by atoms with Crippen LogP contribution in [0.5, 0.6) is 0 Å². The normalized spacial score (nSPS) is 24.7. The molecule has 0 aromatic rings. The second-order valence-electron chi connectivity index (χ2n) is 34.9. The fraction of sp³-hybridized carbons (Fsp3) is 0.936. The van der Waals surface area contributed by atoms with Crippen LogP contribution >= 0.6 is 7.82 Å². The van der Waals surface area contributed by atoms with Crippen LogP contribution in [0.15, 0.2) is 12.2 Å². The lowest BCUT2D eigenvalue weighted by Crippen LogP contribution is -2.70. The highest BCUT2D eigenvalue weighted by atomic mass is 31.2. The number of carbonyl (C=O) groups is 4. The van der Waals surface area contributed by atoms with Gasteiger partial charge in [0, 0.05) is 25.7 Å². The predicted octanol–water partition coefficient (Wildman–Crippen LogP) is 18.7. The third-order valence-corrected chi connectivity index (χ3v) is 25.0. The Balaban J connectivity index is 1.90. The molecule has 0 bridgehead atoms. The van der Waals surface area contributed by atoms with E-state index >= 15 is 0 Å². The Morgan fingerprint density at radius 3 is 1.00 bits per heavy atom. The zero-order valence-electron chi connectivity index (χ0n) is 75.4. The molecule has 2 saturated heterocycles. The minimum Gasteiger partial charge on any atom is -0.463 e. The molecule has 2 aliphatic heterocycles. The van der Waals surface area contributed by atoms with Crippen LogP contribution in [0.25, 0.3) is 0 Å². The largest absolute Gasteiger partial charge is 0.472 e. The first-order chi connectivity index (χ1) is 58.2. The van der Waals surface area contributed by atoms with Gasteiger partial charge in [0.15, 0.2) is 24.8 Å². The average molecular weight is 1740 g/mol. The number of hydrogen-bond donors (Lipinski definition) is 10. The molecule has 25 nitrogen and oxygen atoms in total. The van der Waals surface area contributed by atoms with E-state index in [9.17, 15) is 74.6 Å². The number of esters is 4. The zero-order valence-corrected chi connectivity index (χ0v) is 76.3. The van der Waals surface area contributed by atoms with Crippen LogP contribution in [0.2, 0.25) is 0 Å². The van der Waals surface area contributed by atoms with Crippen molar-refractivity contribution in [2.24, 2.45) is 0 Å². The number of allylic oxidation sites excluding steroid dienone is 2. The van der Waals surface area contributed by atoms with Gasteiger partial charge in [-0.2, -0.15) is 0 Å². The molecule has 18 unspecified atom stereocenters. The first-order valence-corrected chi connectivity index (χ1v) is 50.4. The number of phosphoric acid groups is 1. The Morgan fingerprint density at radius 2 is 0.625 bits per heavy atom. The van der Waals surface area contributed by atoms with E-state index in [0.717, 1.165) is 141 Å². The molecule has 10 N–H and O–H groups in total. The van der Waals surface area contributed by atoms with E-state index in [0.29, 0.717) is 38.5 Å². The van der Waals surface area contributed by atoms with Gasteiger partial charge in [0.25, 0.3) is 0 Å². The molecule has 0 radical (unpaired) electrons. The third kappa shape index (κ3) is 52.5. The van der Waals surface area contributed by atoms with E-state index in [1.165, 1.54) is 199 Å². The fourth-order valence-electron chi connectivity index (χ4n) is 16.3. The van der Waals surface area contributed by atoms with Gasteiger partial charge in [-0.25, -0.2) is 4.57 Å². The molecule has 0 aromatic heterocycles. The molecule has 3 rings (SSSR count). The lowest BCUT2D eigenvalue weighted by molar-refractivity contribution is -0.360. The van der Waals surface area contributed by atoms with Crippen molar-refractivity contribution in [2.75, 3.05) is 26.4 Å². The van der Waals surface area contributed by atoms with Crippen LogP contribution in [0.4, 0.5) is 0 Å². The van der Waals surface area contributed by atoms with Crippen molar-refractivity contribution >= 4 is 31.7 Å². The average Bonchev–Trinajstić information content (AvgIpc) is 0.754. The topological polar surface area (TPSA) is 380 Å². The number of unbranched alkanes of at least 4 members (excludes halogenated alkanes) is 54. The Bertz CT molecular complexity index is 2530. The number of carbonyl (C=O) groups excluding carboxylic acids is 4. The second-order valence-corrected chi connectivity index (χ2v) is 36.4. The Morgan fingerprint density at radius 1 is 0.325 bits per heavy atom. The summed E-state index contributed by atoms with van der Waals surface area (Å²) < 4.78 is 73.6. The Kier molecular flexibility index (Phi) is 67.9.